The van der Waals surface area contributed by atoms with Gasteiger partial charge in [-0.2, -0.15) is 0 Å². The van der Waals surface area contributed by atoms with Crippen molar-refractivity contribution in [1.29, 1.82) is 0 Å². The maximum atomic E-state index is 14.2. The number of methoxy groups -OCH3 is 1. The minimum absolute atomic E-state index is 0.0299. The van der Waals surface area contributed by atoms with Crippen LogP contribution in [-0.4, -0.2) is 56.6 Å². The third-order valence-corrected chi connectivity index (χ3v) is 7.89. The van der Waals surface area contributed by atoms with E-state index in [1.54, 1.807) is 30.3 Å². The number of carbonyl (C=O) groups is 2. The van der Waals surface area contributed by atoms with E-state index in [2.05, 4.69) is 5.32 Å². The molecule has 220 valence electrons. The van der Waals surface area contributed by atoms with Crippen LogP contribution < -0.4 is 14.4 Å². The van der Waals surface area contributed by atoms with Crippen molar-refractivity contribution in [3.8, 4) is 5.75 Å². The van der Waals surface area contributed by atoms with Crippen molar-refractivity contribution < 1.29 is 22.7 Å². The first kappa shape index (κ1) is 32.2. The highest BCUT2D eigenvalue weighted by molar-refractivity contribution is 7.92. The highest BCUT2D eigenvalue weighted by atomic mass is 35.5. The summed E-state index contributed by atoms with van der Waals surface area (Å²) in [6, 6.07) is 19.8. The molecule has 8 nitrogen and oxygen atoms in total. The molecule has 41 heavy (non-hydrogen) atoms. The van der Waals surface area contributed by atoms with Crippen molar-refractivity contribution in [3.05, 3.63) is 94.0 Å². The van der Waals surface area contributed by atoms with Gasteiger partial charge in [0.1, 0.15) is 18.3 Å². The average molecular weight is 621 g/mol. The highest BCUT2D eigenvalue weighted by Gasteiger charge is 2.35. The van der Waals surface area contributed by atoms with E-state index < -0.39 is 34.1 Å². The fourth-order valence-corrected chi connectivity index (χ4v) is 5.48. The minimum Gasteiger partial charge on any atom is -0.495 e. The first-order chi connectivity index (χ1) is 19.2. The van der Waals surface area contributed by atoms with Crippen molar-refractivity contribution in [3.63, 3.8) is 0 Å². The molecular formula is C30H35Cl2N3O5S. The van der Waals surface area contributed by atoms with Gasteiger partial charge >= 0.3 is 0 Å². The number of nitrogens with zero attached hydrogens (tertiary/aromatic N) is 2. The van der Waals surface area contributed by atoms with E-state index in [0.717, 1.165) is 16.1 Å². The van der Waals surface area contributed by atoms with Crippen molar-refractivity contribution in [2.45, 2.75) is 45.3 Å². The quantitative estimate of drug-likeness (QED) is 0.313. The Kier molecular flexibility index (Phi) is 10.7. The summed E-state index contributed by atoms with van der Waals surface area (Å²) in [5.74, 6) is -0.771. The summed E-state index contributed by atoms with van der Waals surface area (Å²) in [6.07, 6.45) is 1.19. The summed E-state index contributed by atoms with van der Waals surface area (Å²) < 4.78 is 32.4. The number of sulfonamides is 1. The van der Waals surface area contributed by atoms with Crippen molar-refractivity contribution in [2.24, 2.45) is 0 Å². The maximum Gasteiger partial charge on any atom is 0.244 e. The molecule has 0 aliphatic carbocycles. The molecule has 0 aliphatic rings. The second-order valence-corrected chi connectivity index (χ2v) is 13.4. The molecule has 3 aromatic rings. The maximum absolute atomic E-state index is 14.2. The molecule has 2 amide bonds. The molecule has 0 aromatic heterocycles. The third-order valence-electron chi connectivity index (χ3n) is 6.16. The lowest BCUT2D eigenvalue weighted by atomic mass is 10.0. The normalized spacial score (nSPS) is 12.4. The Hall–Kier alpha value is -3.27. The van der Waals surface area contributed by atoms with Gasteiger partial charge in [0.15, 0.2) is 0 Å². The highest BCUT2D eigenvalue weighted by Crippen LogP contribution is 2.33. The van der Waals surface area contributed by atoms with Gasteiger partial charge in [0.2, 0.25) is 21.8 Å². The lowest BCUT2D eigenvalue weighted by Crippen LogP contribution is -2.56. The number of carbonyl (C=O) groups excluding carboxylic acids is 2. The van der Waals surface area contributed by atoms with E-state index in [9.17, 15) is 18.0 Å². The third kappa shape index (κ3) is 9.11. The Morgan fingerprint density at radius 2 is 1.61 bits per heavy atom. The van der Waals surface area contributed by atoms with Crippen molar-refractivity contribution in [1.82, 2.24) is 10.2 Å². The minimum atomic E-state index is -3.99. The van der Waals surface area contributed by atoms with Crippen LogP contribution in [0.1, 0.15) is 31.9 Å². The van der Waals surface area contributed by atoms with Crippen LogP contribution in [0.2, 0.25) is 10.0 Å². The van der Waals surface area contributed by atoms with E-state index >= 15 is 0 Å². The SMILES string of the molecule is COc1ccc(Cl)cc1N(CC(=O)N(Cc1ccccc1Cl)C(Cc1ccccc1)C(=O)NC(C)(C)C)S(C)(=O)=O. The van der Waals surface area contributed by atoms with Gasteiger partial charge in [0.05, 0.1) is 19.1 Å². The number of halogens is 2. The Labute approximate surface area is 252 Å². The lowest BCUT2D eigenvalue weighted by molar-refractivity contribution is -0.140. The number of hydrogen-bond acceptors (Lipinski definition) is 5. The molecule has 1 N–H and O–H groups in total. The van der Waals surface area contributed by atoms with Crippen LogP contribution in [-0.2, 0) is 32.6 Å². The lowest BCUT2D eigenvalue weighted by Gasteiger charge is -2.35. The summed E-state index contributed by atoms with van der Waals surface area (Å²) in [5, 5.41) is 3.66. The zero-order valence-corrected chi connectivity index (χ0v) is 26.1. The summed E-state index contributed by atoms with van der Waals surface area (Å²) in [6.45, 7) is 4.91. The summed E-state index contributed by atoms with van der Waals surface area (Å²) in [7, 11) is -2.60. The van der Waals surface area contributed by atoms with Crippen molar-refractivity contribution in [2.75, 3.05) is 24.2 Å². The molecule has 0 spiro atoms. The second kappa shape index (κ2) is 13.6. The summed E-state index contributed by atoms with van der Waals surface area (Å²) in [5.41, 5.74) is 0.954. The Morgan fingerprint density at radius 1 is 0.976 bits per heavy atom. The van der Waals surface area contributed by atoms with Gasteiger partial charge in [0.25, 0.3) is 0 Å². The van der Waals surface area contributed by atoms with Gasteiger partial charge in [-0.15, -0.1) is 0 Å². The van der Waals surface area contributed by atoms with Crippen LogP contribution in [0, 0.1) is 0 Å². The molecule has 0 aliphatic heterocycles. The topological polar surface area (TPSA) is 96.0 Å². The largest absolute Gasteiger partial charge is 0.495 e. The second-order valence-electron chi connectivity index (χ2n) is 10.6. The zero-order valence-electron chi connectivity index (χ0n) is 23.7. The van der Waals surface area contributed by atoms with E-state index in [-0.39, 0.29) is 35.3 Å². The molecule has 3 rings (SSSR count). The van der Waals surface area contributed by atoms with Gasteiger partial charge in [-0.05, 0) is 56.2 Å². The van der Waals surface area contributed by atoms with Crippen LogP contribution >= 0.6 is 23.2 Å². The van der Waals surface area contributed by atoms with Gasteiger partial charge in [0, 0.05) is 28.5 Å². The number of hydrogen-bond donors (Lipinski definition) is 1. The number of amides is 2. The smallest absolute Gasteiger partial charge is 0.244 e. The van der Waals surface area contributed by atoms with Crippen LogP contribution in [0.5, 0.6) is 5.75 Å². The van der Waals surface area contributed by atoms with E-state index in [1.165, 1.54) is 24.1 Å². The number of ether oxygens (including phenoxy) is 1. The standard InChI is InChI=1S/C30H35Cl2N3O5S/c1-30(2,3)33-29(37)26(17-21-11-7-6-8-12-21)34(19-22-13-9-10-14-24(22)32)28(36)20-35(41(5,38)39)25-18-23(31)15-16-27(25)40-4/h6-16,18,26H,17,19-20H2,1-5H3,(H,33,37). The van der Waals surface area contributed by atoms with Gasteiger partial charge in [-0.25, -0.2) is 8.42 Å². The van der Waals surface area contributed by atoms with E-state index in [0.29, 0.717) is 10.6 Å². The monoisotopic (exact) mass is 619 g/mol. The van der Waals surface area contributed by atoms with Crippen LogP contribution in [0.3, 0.4) is 0 Å². The fraction of sp³-hybridized carbons (Fsp3) is 0.333. The van der Waals surface area contributed by atoms with E-state index in [1.807, 2.05) is 51.1 Å². The molecule has 3 aromatic carbocycles. The Bertz CT molecular complexity index is 1480. The Balaban J connectivity index is 2.13. The predicted octanol–water partition coefficient (Wildman–Crippen LogP) is 5.32. The summed E-state index contributed by atoms with van der Waals surface area (Å²) >= 11 is 12.7. The van der Waals surface area contributed by atoms with Gasteiger partial charge in [-0.1, -0.05) is 71.7 Å². The first-order valence-corrected chi connectivity index (χ1v) is 15.5. The van der Waals surface area contributed by atoms with Gasteiger partial charge in [-0.3, -0.25) is 13.9 Å². The van der Waals surface area contributed by atoms with Crippen LogP contribution in [0.15, 0.2) is 72.8 Å². The zero-order chi connectivity index (χ0) is 30.4. The first-order valence-electron chi connectivity index (χ1n) is 12.9. The molecule has 0 saturated heterocycles. The van der Waals surface area contributed by atoms with Crippen molar-refractivity contribution >= 4 is 50.7 Å². The number of anilines is 1. The van der Waals surface area contributed by atoms with E-state index in [4.69, 9.17) is 27.9 Å². The number of rotatable bonds is 11. The molecule has 11 heteroatoms. The molecule has 0 bridgehead atoms. The predicted molar refractivity (Wildman–Crippen MR) is 164 cm³/mol. The number of benzene rings is 3. The Morgan fingerprint density at radius 3 is 2.20 bits per heavy atom. The molecule has 0 saturated carbocycles. The fourth-order valence-electron chi connectivity index (χ4n) is 4.27. The average Bonchev–Trinajstić information content (AvgIpc) is 2.89. The molecule has 1 unspecified atom stereocenters. The van der Waals surface area contributed by atoms with Crippen LogP contribution in [0.4, 0.5) is 5.69 Å². The molecule has 0 radical (unpaired) electrons. The number of nitrogens with one attached hydrogen (secondary N) is 1. The molecule has 0 heterocycles. The molecule has 1 atom stereocenters. The molecular weight excluding hydrogens is 585 g/mol. The van der Waals surface area contributed by atoms with Gasteiger partial charge < -0.3 is 15.0 Å². The van der Waals surface area contributed by atoms with Crippen LogP contribution in [0.25, 0.3) is 0 Å². The summed E-state index contributed by atoms with van der Waals surface area (Å²) in [4.78, 5) is 29.4. The molecule has 0 fully saturated rings.